The zero-order valence-corrected chi connectivity index (χ0v) is 24.3. The van der Waals surface area contributed by atoms with Crippen molar-refractivity contribution in [2.45, 2.75) is 51.4 Å². The lowest BCUT2D eigenvalue weighted by molar-refractivity contribution is -0.124. The van der Waals surface area contributed by atoms with Crippen molar-refractivity contribution in [3.63, 3.8) is 0 Å². The summed E-state index contributed by atoms with van der Waals surface area (Å²) in [5.74, 6) is 0.0391. The molecule has 0 radical (unpaired) electrons. The minimum absolute atomic E-state index is 0. The van der Waals surface area contributed by atoms with Crippen molar-refractivity contribution in [2.24, 2.45) is 5.41 Å². The number of aromatic nitrogens is 4. The van der Waals surface area contributed by atoms with Crippen LogP contribution in [0.4, 0.5) is 4.39 Å². The minimum Gasteiger partial charge on any atom is -0.467 e. The van der Waals surface area contributed by atoms with E-state index in [9.17, 15) is 9.59 Å². The molecule has 2 heterocycles. The number of carbonyl (C=O) groups excluding carboxylic acids is 2. The molecule has 212 valence electrons. The van der Waals surface area contributed by atoms with E-state index < -0.39 is 11.2 Å². The Morgan fingerprint density at radius 2 is 1.93 bits per heavy atom. The Hall–Kier alpha value is -3.63. The second kappa shape index (κ2) is 11.3. The van der Waals surface area contributed by atoms with E-state index in [4.69, 9.17) is 20.9 Å². The van der Waals surface area contributed by atoms with Crippen molar-refractivity contribution in [3.8, 4) is 28.5 Å². The number of benzene rings is 2. The summed E-state index contributed by atoms with van der Waals surface area (Å²) in [5, 5.41) is 4.18. The number of methoxy groups -OCH3 is 1. The van der Waals surface area contributed by atoms with Crippen LogP contribution < -0.4 is 4.74 Å². The van der Waals surface area contributed by atoms with E-state index in [-0.39, 0.29) is 59.8 Å². The van der Waals surface area contributed by atoms with Gasteiger partial charge in [-0.25, -0.2) is 14.4 Å². The Morgan fingerprint density at radius 3 is 2.59 bits per heavy atom. The number of hydrogen-bond acceptors (Lipinski definition) is 8. The first kappa shape index (κ1) is 28.9. The Balaban J connectivity index is 0.00000337. The number of nitrogens with zero attached hydrogens (tertiary/aromatic N) is 4. The molecule has 0 bridgehead atoms. The molecular weight excluding hydrogens is 567 g/mol. The van der Waals surface area contributed by atoms with Crippen LogP contribution in [0.25, 0.3) is 22.5 Å². The Kier molecular flexibility index (Phi) is 7.98. The maximum absolute atomic E-state index is 15.0. The predicted octanol–water partition coefficient (Wildman–Crippen LogP) is 6.46. The van der Waals surface area contributed by atoms with Gasteiger partial charge in [0.2, 0.25) is 11.7 Å². The third-order valence-electron chi connectivity index (χ3n) is 7.97. The van der Waals surface area contributed by atoms with E-state index in [2.05, 4.69) is 20.1 Å². The topological polar surface area (TPSA) is 108 Å². The number of rotatable bonds is 9. The zero-order valence-electron chi connectivity index (χ0n) is 22.5. The number of carbonyl (C=O) groups is 2. The zero-order chi connectivity index (χ0) is 28.0. The highest BCUT2D eigenvalue weighted by Crippen LogP contribution is 2.53. The van der Waals surface area contributed by atoms with E-state index in [1.54, 1.807) is 13.0 Å². The number of hydrogen-bond donors (Lipinski definition) is 0. The standard InChI is InChI=1S/C30H26ClFN4O4.H2S/c1-16-35-28(36-40-16)27-23(11-21(31)12-24(27)32)18-5-6-22-17(9-18)3-4-19(22)10-26(38)30(7-8-30)13-25(37)20-14-33-29(39-2)34-15-20;/h5-6,9,11-12,14-15,19H,3-4,7-8,10,13H2,1-2H3;1H2/t19-;/m1./s1. The number of Topliss-reactive ketones (excluding diaryl/α,β-unsaturated/α-hetero) is 2. The van der Waals surface area contributed by atoms with Crippen molar-refractivity contribution in [1.82, 2.24) is 20.1 Å². The van der Waals surface area contributed by atoms with Crippen LogP contribution in [0.5, 0.6) is 6.01 Å². The van der Waals surface area contributed by atoms with Gasteiger partial charge in [-0.1, -0.05) is 35.0 Å². The van der Waals surface area contributed by atoms with Crippen molar-refractivity contribution in [1.29, 1.82) is 0 Å². The molecule has 2 aromatic carbocycles. The van der Waals surface area contributed by atoms with Crippen molar-refractivity contribution in [2.75, 3.05) is 7.11 Å². The number of ketones is 2. The molecule has 6 rings (SSSR count). The van der Waals surface area contributed by atoms with E-state index in [0.717, 1.165) is 29.5 Å². The van der Waals surface area contributed by atoms with Gasteiger partial charge in [0, 0.05) is 42.6 Å². The molecule has 2 aromatic heterocycles. The van der Waals surface area contributed by atoms with Gasteiger partial charge in [-0.15, -0.1) is 0 Å². The molecule has 0 spiro atoms. The first-order valence-electron chi connectivity index (χ1n) is 13.1. The molecule has 1 saturated carbocycles. The summed E-state index contributed by atoms with van der Waals surface area (Å²) in [6.45, 7) is 1.65. The van der Waals surface area contributed by atoms with E-state index in [1.165, 1.54) is 25.6 Å². The van der Waals surface area contributed by atoms with Gasteiger partial charge in [0.25, 0.3) is 0 Å². The molecule has 2 aliphatic carbocycles. The van der Waals surface area contributed by atoms with Gasteiger partial charge in [-0.2, -0.15) is 18.5 Å². The molecule has 0 unspecified atom stereocenters. The van der Waals surface area contributed by atoms with Gasteiger partial charge in [-0.05, 0) is 66.0 Å². The normalized spacial score (nSPS) is 16.5. The highest BCUT2D eigenvalue weighted by Gasteiger charge is 2.51. The van der Waals surface area contributed by atoms with Crippen LogP contribution in [-0.2, 0) is 11.2 Å². The van der Waals surface area contributed by atoms with Crippen LogP contribution in [0.3, 0.4) is 0 Å². The molecule has 1 atom stereocenters. The molecule has 4 aromatic rings. The Labute approximate surface area is 248 Å². The lowest BCUT2D eigenvalue weighted by atomic mass is 9.85. The maximum atomic E-state index is 15.0. The third-order valence-corrected chi connectivity index (χ3v) is 8.19. The molecule has 0 N–H and O–H groups in total. The monoisotopic (exact) mass is 594 g/mol. The van der Waals surface area contributed by atoms with Crippen LogP contribution in [0.1, 0.15) is 65.4 Å². The third kappa shape index (κ3) is 5.63. The average Bonchev–Trinajstić information content (AvgIpc) is 3.43. The van der Waals surface area contributed by atoms with Gasteiger partial charge >= 0.3 is 6.01 Å². The van der Waals surface area contributed by atoms with Gasteiger partial charge in [0.15, 0.2) is 5.78 Å². The lowest BCUT2D eigenvalue weighted by Gasteiger charge is -2.17. The van der Waals surface area contributed by atoms with Crippen LogP contribution in [-0.4, -0.2) is 38.8 Å². The first-order chi connectivity index (χ1) is 19.3. The van der Waals surface area contributed by atoms with E-state index in [0.29, 0.717) is 36.3 Å². The average molecular weight is 595 g/mol. The summed E-state index contributed by atoms with van der Waals surface area (Å²) < 4.78 is 25.1. The second-order valence-electron chi connectivity index (χ2n) is 10.6. The molecule has 41 heavy (non-hydrogen) atoms. The van der Waals surface area contributed by atoms with Crippen molar-refractivity contribution < 1.29 is 23.2 Å². The molecule has 0 saturated heterocycles. The fourth-order valence-electron chi connectivity index (χ4n) is 5.64. The summed E-state index contributed by atoms with van der Waals surface area (Å²) in [5.41, 5.74) is 3.60. The predicted molar refractivity (Wildman–Crippen MR) is 155 cm³/mol. The molecule has 2 aliphatic rings. The van der Waals surface area contributed by atoms with Crippen molar-refractivity contribution >= 4 is 36.7 Å². The minimum atomic E-state index is -0.602. The van der Waals surface area contributed by atoms with Gasteiger partial charge in [0.05, 0.1) is 18.2 Å². The molecule has 0 amide bonds. The fourth-order valence-corrected chi connectivity index (χ4v) is 5.84. The largest absolute Gasteiger partial charge is 0.467 e. The maximum Gasteiger partial charge on any atom is 0.316 e. The summed E-state index contributed by atoms with van der Waals surface area (Å²) >= 11 is 6.22. The van der Waals surface area contributed by atoms with Crippen molar-refractivity contribution in [3.05, 3.63) is 76.1 Å². The van der Waals surface area contributed by atoms with Gasteiger partial charge in [-0.3, -0.25) is 9.59 Å². The lowest BCUT2D eigenvalue weighted by Crippen LogP contribution is -2.22. The first-order valence-corrected chi connectivity index (χ1v) is 13.5. The van der Waals surface area contributed by atoms with E-state index in [1.807, 2.05) is 18.2 Å². The number of aryl methyl sites for hydroxylation is 2. The Bertz CT molecular complexity index is 1640. The molecule has 8 nitrogen and oxygen atoms in total. The molecule has 0 aliphatic heterocycles. The smallest absolute Gasteiger partial charge is 0.316 e. The number of fused-ring (bicyclic) bond motifs is 1. The molecule has 11 heteroatoms. The molecular formula is C30H28ClFN4O4S. The summed E-state index contributed by atoms with van der Waals surface area (Å²) in [4.78, 5) is 38.5. The summed E-state index contributed by atoms with van der Waals surface area (Å²) in [6, 6.07) is 9.09. The summed E-state index contributed by atoms with van der Waals surface area (Å²) in [7, 11) is 1.46. The van der Waals surface area contributed by atoms with Gasteiger partial charge in [0.1, 0.15) is 11.6 Å². The van der Waals surface area contributed by atoms with E-state index >= 15 is 4.39 Å². The number of ether oxygens (including phenoxy) is 1. The van der Waals surface area contributed by atoms with Gasteiger partial charge < -0.3 is 9.26 Å². The molecule has 1 fully saturated rings. The van der Waals surface area contributed by atoms with Crippen LogP contribution in [0.15, 0.2) is 47.2 Å². The SMILES string of the molecule is COc1ncc(C(=O)CC2(C(=O)C[C@H]3CCc4cc(-c5cc(Cl)cc(F)c5-c5noc(C)n5)ccc43)CC2)cn1.S. The fraction of sp³-hybridized carbons (Fsp3) is 0.333. The van der Waals surface area contributed by atoms with Crippen LogP contribution >= 0.6 is 25.1 Å². The van der Waals surface area contributed by atoms with Crippen LogP contribution in [0, 0.1) is 18.2 Å². The highest BCUT2D eigenvalue weighted by molar-refractivity contribution is 7.59. The highest BCUT2D eigenvalue weighted by atomic mass is 35.5. The quantitative estimate of drug-likeness (QED) is 0.203. The summed E-state index contributed by atoms with van der Waals surface area (Å²) in [6.07, 6.45) is 6.50. The Morgan fingerprint density at radius 1 is 1.17 bits per heavy atom. The van der Waals surface area contributed by atoms with Crippen LogP contribution in [0.2, 0.25) is 5.02 Å². The number of halogens is 2. The second-order valence-corrected chi connectivity index (χ2v) is 11.0.